The fourth-order valence-electron chi connectivity index (χ4n) is 4.04. The summed E-state index contributed by atoms with van der Waals surface area (Å²) in [5.41, 5.74) is 2.17. The highest BCUT2D eigenvalue weighted by Gasteiger charge is 2.29. The molecule has 1 aliphatic heterocycles. The SMILES string of the molecule is COCc1ccc(C(NC(=O)N2CCC(O)C2)C(=O)Cc2ccc([Si](C)(C)C)c(F)c2)cc1. The Labute approximate surface area is 195 Å². The molecule has 2 atom stereocenters. The van der Waals surface area contributed by atoms with Crippen LogP contribution < -0.4 is 10.5 Å². The van der Waals surface area contributed by atoms with Crippen molar-refractivity contribution in [2.75, 3.05) is 20.2 Å². The van der Waals surface area contributed by atoms with Gasteiger partial charge in [0.15, 0.2) is 5.78 Å². The van der Waals surface area contributed by atoms with Gasteiger partial charge in [0.05, 0.1) is 20.8 Å². The van der Waals surface area contributed by atoms with Gasteiger partial charge in [-0.2, -0.15) is 0 Å². The molecule has 2 unspecified atom stereocenters. The monoisotopic (exact) mass is 472 g/mol. The molecule has 0 spiro atoms. The summed E-state index contributed by atoms with van der Waals surface area (Å²) >= 11 is 0. The average molecular weight is 473 g/mol. The van der Waals surface area contributed by atoms with Crippen LogP contribution in [-0.4, -0.2) is 56.2 Å². The summed E-state index contributed by atoms with van der Waals surface area (Å²) in [6, 6.07) is 11.0. The molecule has 2 amide bonds. The zero-order chi connectivity index (χ0) is 24.2. The number of aliphatic hydroxyl groups excluding tert-OH is 1. The van der Waals surface area contributed by atoms with Gasteiger partial charge in [0.1, 0.15) is 11.9 Å². The molecule has 178 valence electrons. The van der Waals surface area contributed by atoms with E-state index in [1.54, 1.807) is 31.4 Å². The molecule has 1 aliphatic rings. The van der Waals surface area contributed by atoms with Gasteiger partial charge in [-0.25, -0.2) is 9.18 Å². The molecule has 0 aromatic heterocycles. The van der Waals surface area contributed by atoms with Crippen LogP contribution in [0.25, 0.3) is 0 Å². The van der Waals surface area contributed by atoms with Crippen LogP contribution in [0.2, 0.25) is 19.6 Å². The van der Waals surface area contributed by atoms with Gasteiger partial charge in [-0.15, -0.1) is 0 Å². The van der Waals surface area contributed by atoms with Crippen molar-refractivity contribution in [3.63, 3.8) is 0 Å². The van der Waals surface area contributed by atoms with Gasteiger partial charge < -0.3 is 20.1 Å². The van der Waals surface area contributed by atoms with E-state index in [9.17, 15) is 19.1 Å². The normalized spacial score (nSPS) is 17.2. The summed E-state index contributed by atoms with van der Waals surface area (Å²) < 4.78 is 19.8. The molecule has 2 N–H and O–H groups in total. The number of halogens is 1. The van der Waals surface area contributed by atoms with Gasteiger partial charge in [0, 0.05) is 26.6 Å². The topological polar surface area (TPSA) is 78.9 Å². The molecule has 1 heterocycles. The average Bonchev–Trinajstić information content (AvgIpc) is 3.18. The van der Waals surface area contributed by atoms with Crippen molar-refractivity contribution >= 4 is 25.1 Å². The molecule has 0 radical (unpaired) electrons. The number of nitrogens with one attached hydrogen (secondary N) is 1. The number of hydrogen-bond acceptors (Lipinski definition) is 4. The van der Waals surface area contributed by atoms with E-state index in [2.05, 4.69) is 25.0 Å². The Hall–Kier alpha value is -2.55. The summed E-state index contributed by atoms with van der Waals surface area (Å²) in [7, 11) is -0.215. The van der Waals surface area contributed by atoms with Gasteiger partial charge in [0.2, 0.25) is 0 Å². The maximum atomic E-state index is 14.7. The Bertz CT molecular complexity index is 991. The van der Waals surface area contributed by atoms with Crippen molar-refractivity contribution in [3.8, 4) is 0 Å². The first-order valence-electron chi connectivity index (χ1n) is 11.2. The molecule has 8 heteroatoms. The van der Waals surface area contributed by atoms with Crippen LogP contribution in [0.1, 0.15) is 29.2 Å². The minimum atomic E-state index is -1.82. The number of likely N-dealkylation sites (tertiary alicyclic amines) is 1. The highest BCUT2D eigenvalue weighted by molar-refractivity contribution is 6.88. The van der Waals surface area contributed by atoms with E-state index in [-0.39, 0.29) is 24.6 Å². The summed E-state index contributed by atoms with van der Waals surface area (Å²) in [6.45, 7) is 7.34. The lowest BCUT2D eigenvalue weighted by atomic mass is 9.96. The maximum Gasteiger partial charge on any atom is 0.318 e. The lowest BCUT2D eigenvalue weighted by Crippen LogP contribution is -2.43. The van der Waals surface area contributed by atoms with Crippen molar-refractivity contribution in [2.24, 2.45) is 0 Å². The number of carbonyl (C=O) groups is 2. The lowest BCUT2D eigenvalue weighted by molar-refractivity contribution is -0.120. The number of hydrogen-bond donors (Lipinski definition) is 2. The standard InChI is InChI=1S/C25H33FN2O4Si/c1-32-16-17-5-8-19(9-6-17)24(27-25(31)28-12-11-20(29)15-28)22(30)14-18-7-10-23(21(26)13-18)33(2,3)4/h5-10,13,20,24,29H,11-12,14-16H2,1-4H3,(H,27,31). The molecule has 3 rings (SSSR count). The summed E-state index contributed by atoms with van der Waals surface area (Å²) in [6.07, 6.45) is -0.0392. The maximum absolute atomic E-state index is 14.7. The van der Waals surface area contributed by atoms with E-state index in [1.807, 2.05) is 12.1 Å². The molecule has 0 bridgehead atoms. The van der Waals surface area contributed by atoms with Crippen molar-refractivity contribution in [1.29, 1.82) is 0 Å². The van der Waals surface area contributed by atoms with E-state index in [0.717, 1.165) is 10.8 Å². The fraction of sp³-hybridized carbons (Fsp3) is 0.440. The van der Waals surface area contributed by atoms with E-state index < -0.39 is 26.3 Å². The van der Waals surface area contributed by atoms with E-state index >= 15 is 0 Å². The van der Waals surface area contributed by atoms with E-state index in [0.29, 0.717) is 30.7 Å². The van der Waals surface area contributed by atoms with E-state index in [4.69, 9.17) is 4.74 Å². The lowest BCUT2D eigenvalue weighted by Gasteiger charge is -2.23. The Kier molecular flexibility index (Phi) is 8.04. The van der Waals surface area contributed by atoms with Gasteiger partial charge in [-0.3, -0.25) is 4.79 Å². The van der Waals surface area contributed by atoms with Crippen molar-refractivity contribution in [3.05, 3.63) is 65.0 Å². The van der Waals surface area contributed by atoms with Crippen LogP contribution in [0.4, 0.5) is 9.18 Å². The number of amides is 2. The minimum absolute atomic E-state index is 0.00368. The molecule has 0 saturated carbocycles. The predicted octanol–water partition coefficient (Wildman–Crippen LogP) is 3.15. The number of ether oxygens (including phenoxy) is 1. The molecular weight excluding hydrogens is 439 g/mol. The molecule has 2 aromatic carbocycles. The number of methoxy groups -OCH3 is 1. The molecular formula is C25H33FN2O4Si. The largest absolute Gasteiger partial charge is 0.391 e. The molecule has 0 aliphatic carbocycles. The smallest absolute Gasteiger partial charge is 0.318 e. The second-order valence-corrected chi connectivity index (χ2v) is 14.7. The Balaban J connectivity index is 1.82. The summed E-state index contributed by atoms with van der Waals surface area (Å²) in [4.78, 5) is 27.6. The van der Waals surface area contributed by atoms with Crippen molar-refractivity contribution in [1.82, 2.24) is 10.2 Å². The summed E-state index contributed by atoms with van der Waals surface area (Å²) in [5, 5.41) is 13.3. The second kappa shape index (κ2) is 10.6. The number of nitrogens with zero attached hydrogens (tertiary/aromatic N) is 1. The van der Waals surface area contributed by atoms with Gasteiger partial charge in [-0.05, 0) is 34.4 Å². The third-order valence-corrected chi connectivity index (χ3v) is 7.91. The highest BCUT2D eigenvalue weighted by atomic mass is 28.3. The zero-order valence-corrected chi connectivity index (χ0v) is 20.7. The molecule has 1 saturated heterocycles. The molecule has 2 aromatic rings. The first-order valence-corrected chi connectivity index (χ1v) is 14.7. The molecule has 33 heavy (non-hydrogen) atoms. The number of Topliss-reactive ketones (excluding diaryl/α,β-unsaturated/α-hetero) is 1. The highest BCUT2D eigenvalue weighted by Crippen LogP contribution is 2.20. The second-order valence-electron chi connectivity index (χ2n) is 9.65. The van der Waals surface area contributed by atoms with Crippen LogP contribution in [0.5, 0.6) is 0 Å². The fourth-order valence-corrected chi connectivity index (χ4v) is 5.42. The number of aliphatic hydroxyl groups is 1. The quantitative estimate of drug-likeness (QED) is 0.579. The Morgan fingerprint density at radius 3 is 2.39 bits per heavy atom. The van der Waals surface area contributed by atoms with Gasteiger partial charge in [-0.1, -0.05) is 56.0 Å². The van der Waals surface area contributed by atoms with Crippen LogP contribution in [0.3, 0.4) is 0 Å². The Morgan fingerprint density at radius 2 is 1.85 bits per heavy atom. The van der Waals surface area contributed by atoms with Crippen molar-refractivity contribution in [2.45, 2.75) is 51.2 Å². The molecule has 6 nitrogen and oxygen atoms in total. The Morgan fingerprint density at radius 1 is 1.18 bits per heavy atom. The third-order valence-electron chi connectivity index (χ3n) is 5.88. The van der Waals surface area contributed by atoms with Crippen LogP contribution in [-0.2, 0) is 22.6 Å². The first kappa shape index (κ1) is 25.1. The zero-order valence-electron chi connectivity index (χ0n) is 19.7. The van der Waals surface area contributed by atoms with Crippen LogP contribution >= 0.6 is 0 Å². The van der Waals surface area contributed by atoms with Gasteiger partial charge >= 0.3 is 6.03 Å². The predicted molar refractivity (Wildman–Crippen MR) is 129 cm³/mol. The number of benzene rings is 2. The first-order chi connectivity index (χ1) is 15.6. The number of β-amino-alcohol motifs (C(OH)–C–C–N with tert-alkyl or cyclic N) is 1. The van der Waals surface area contributed by atoms with Crippen LogP contribution in [0.15, 0.2) is 42.5 Å². The number of carbonyl (C=O) groups excluding carboxylic acids is 2. The van der Waals surface area contributed by atoms with Gasteiger partial charge in [0.25, 0.3) is 0 Å². The molecule has 1 fully saturated rings. The number of ketones is 1. The van der Waals surface area contributed by atoms with Crippen molar-refractivity contribution < 1.29 is 23.8 Å². The summed E-state index contributed by atoms with van der Waals surface area (Å²) in [5.74, 6) is -0.516. The van der Waals surface area contributed by atoms with Crippen LogP contribution in [0, 0.1) is 5.82 Å². The third kappa shape index (κ3) is 6.49. The minimum Gasteiger partial charge on any atom is -0.391 e. The number of rotatable bonds is 8. The number of urea groups is 1. The van der Waals surface area contributed by atoms with E-state index in [1.165, 1.54) is 11.0 Å².